The summed E-state index contributed by atoms with van der Waals surface area (Å²) in [7, 11) is -0.951. The number of hydrogen-bond donors (Lipinski definition) is 2. The van der Waals surface area contributed by atoms with Crippen molar-refractivity contribution < 1.29 is 4.21 Å². The Morgan fingerprint density at radius 2 is 1.81 bits per heavy atom. The van der Waals surface area contributed by atoms with Gasteiger partial charge in [-0.3, -0.25) is 4.21 Å². The third-order valence-electron chi connectivity index (χ3n) is 3.88. The van der Waals surface area contributed by atoms with Crippen molar-refractivity contribution in [3.8, 4) is 0 Å². The smallest absolute Gasteiger partial charge is 0.189 e. The lowest BCUT2D eigenvalue weighted by atomic mass is 10.1. The quantitative estimate of drug-likeness (QED) is 0.481. The summed E-state index contributed by atoms with van der Waals surface area (Å²) in [6.07, 6.45) is 1.42. The molecule has 3 N–H and O–H groups in total. The Balaban J connectivity index is 1.74. The van der Waals surface area contributed by atoms with Crippen molar-refractivity contribution in [1.82, 2.24) is 4.98 Å². The van der Waals surface area contributed by atoms with Crippen LogP contribution in [0.4, 0.5) is 16.6 Å². The minimum atomic E-state index is -0.951. The minimum Gasteiger partial charge on any atom is -0.383 e. The Hall–Kier alpha value is -1.60. The zero-order chi connectivity index (χ0) is 19.4. The van der Waals surface area contributed by atoms with Crippen molar-refractivity contribution in [3.63, 3.8) is 0 Å². The van der Waals surface area contributed by atoms with Gasteiger partial charge in [-0.15, -0.1) is 0 Å². The largest absolute Gasteiger partial charge is 0.383 e. The molecular formula is C19H19Cl2N3OS2. The first kappa shape index (κ1) is 20.1. The number of nitrogens with zero attached hydrogens (tertiary/aromatic N) is 1. The standard InChI is InChI=1S/C19H19Cl2N3OS2/c1-2-10-27(25)13-8-6-12(7-9-13)23-19-24-18(22)17(26-19)11-14-15(20)4-3-5-16(14)21/h3-9H,2,10-11,22H2,1H3,(H,23,24). The number of nitrogens with one attached hydrogen (secondary N) is 1. The van der Waals surface area contributed by atoms with E-state index in [0.717, 1.165) is 27.4 Å². The molecule has 0 aliphatic heterocycles. The maximum Gasteiger partial charge on any atom is 0.189 e. The van der Waals surface area contributed by atoms with Gasteiger partial charge < -0.3 is 11.1 Å². The fraction of sp³-hybridized carbons (Fsp3) is 0.211. The van der Waals surface area contributed by atoms with Crippen molar-refractivity contribution in [1.29, 1.82) is 0 Å². The third-order valence-corrected chi connectivity index (χ3v) is 7.16. The number of benzene rings is 2. The summed E-state index contributed by atoms with van der Waals surface area (Å²) >= 11 is 14.0. The molecule has 1 aromatic heterocycles. The Bertz CT molecular complexity index is 938. The highest BCUT2D eigenvalue weighted by Crippen LogP contribution is 2.33. The van der Waals surface area contributed by atoms with E-state index in [-0.39, 0.29) is 0 Å². The highest BCUT2D eigenvalue weighted by molar-refractivity contribution is 7.85. The number of halogens is 2. The number of nitrogens with two attached hydrogens (primary N) is 1. The molecule has 3 rings (SSSR count). The van der Waals surface area contributed by atoms with Gasteiger partial charge in [0.1, 0.15) is 5.82 Å². The molecule has 27 heavy (non-hydrogen) atoms. The number of nitrogen functional groups attached to an aromatic ring is 1. The number of hydrogen-bond acceptors (Lipinski definition) is 5. The molecule has 3 aromatic rings. The molecule has 8 heteroatoms. The van der Waals surface area contributed by atoms with E-state index in [1.807, 2.05) is 49.4 Å². The fourth-order valence-corrected chi connectivity index (χ4v) is 5.01. The summed E-state index contributed by atoms with van der Waals surface area (Å²) in [6, 6.07) is 13.0. The molecule has 0 fully saturated rings. The number of anilines is 3. The van der Waals surface area contributed by atoms with E-state index >= 15 is 0 Å². The first-order valence-electron chi connectivity index (χ1n) is 8.41. The van der Waals surface area contributed by atoms with Gasteiger partial charge in [0.05, 0.1) is 15.7 Å². The van der Waals surface area contributed by atoms with Crippen LogP contribution < -0.4 is 11.1 Å². The van der Waals surface area contributed by atoms with Crippen molar-refractivity contribution in [2.45, 2.75) is 24.7 Å². The molecule has 0 saturated heterocycles. The zero-order valence-electron chi connectivity index (χ0n) is 14.7. The molecule has 0 bridgehead atoms. The summed E-state index contributed by atoms with van der Waals surface area (Å²) in [5.74, 6) is 1.13. The van der Waals surface area contributed by atoms with E-state index in [0.29, 0.717) is 33.2 Å². The van der Waals surface area contributed by atoms with Crippen LogP contribution in [0.1, 0.15) is 23.8 Å². The predicted octanol–water partition coefficient (Wildman–Crippen LogP) is 5.88. The average Bonchev–Trinajstić information content (AvgIpc) is 2.98. The predicted molar refractivity (Wildman–Crippen MR) is 117 cm³/mol. The molecule has 2 aromatic carbocycles. The van der Waals surface area contributed by atoms with E-state index in [2.05, 4.69) is 10.3 Å². The van der Waals surface area contributed by atoms with Crippen LogP contribution in [0.2, 0.25) is 10.0 Å². The summed E-state index contributed by atoms with van der Waals surface area (Å²) in [6.45, 7) is 2.02. The van der Waals surface area contributed by atoms with Gasteiger partial charge in [0.15, 0.2) is 5.13 Å². The lowest BCUT2D eigenvalue weighted by Gasteiger charge is -2.05. The van der Waals surface area contributed by atoms with Crippen LogP contribution in [0.15, 0.2) is 47.4 Å². The number of thiazole rings is 1. The second-order valence-corrected chi connectivity index (χ2v) is 9.37. The first-order chi connectivity index (χ1) is 13.0. The Morgan fingerprint density at radius 3 is 2.44 bits per heavy atom. The zero-order valence-corrected chi connectivity index (χ0v) is 17.8. The number of aromatic nitrogens is 1. The van der Waals surface area contributed by atoms with Crippen LogP contribution in [-0.2, 0) is 17.2 Å². The van der Waals surface area contributed by atoms with Crippen LogP contribution in [0.25, 0.3) is 0 Å². The van der Waals surface area contributed by atoms with Gasteiger partial charge in [0, 0.05) is 32.8 Å². The van der Waals surface area contributed by atoms with Crippen molar-refractivity contribution >= 4 is 62.0 Å². The first-order valence-corrected chi connectivity index (χ1v) is 11.3. The molecule has 0 spiro atoms. The molecule has 0 aliphatic carbocycles. The Morgan fingerprint density at radius 1 is 1.15 bits per heavy atom. The summed E-state index contributed by atoms with van der Waals surface area (Å²) in [5, 5.41) is 5.15. The van der Waals surface area contributed by atoms with Crippen LogP contribution in [0.3, 0.4) is 0 Å². The van der Waals surface area contributed by atoms with Crippen LogP contribution >= 0.6 is 34.5 Å². The Kier molecular flexibility index (Phi) is 6.76. The van der Waals surface area contributed by atoms with E-state index < -0.39 is 10.8 Å². The molecule has 1 unspecified atom stereocenters. The molecule has 0 amide bonds. The molecule has 4 nitrogen and oxygen atoms in total. The SMILES string of the molecule is CCCS(=O)c1ccc(Nc2nc(N)c(Cc3c(Cl)cccc3Cl)s2)cc1. The fourth-order valence-electron chi connectivity index (χ4n) is 2.52. The second kappa shape index (κ2) is 9.06. The normalized spacial score (nSPS) is 12.1. The maximum absolute atomic E-state index is 12.0. The van der Waals surface area contributed by atoms with E-state index in [9.17, 15) is 4.21 Å². The second-order valence-electron chi connectivity index (χ2n) is 5.90. The van der Waals surface area contributed by atoms with Gasteiger partial charge >= 0.3 is 0 Å². The van der Waals surface area contributed by atoms with Crippen LogP contribution in [-0.4, -0.2) is 14.9 Å². The molecule has 142 valence electrons. The van der Waals surface area contributed by atoms with Gasteiger partial charge in [-0.2, -0.15) is 0 Å². The highest BCUT2D eigenvalue weighted by atomic mass is 35.5. The van der Waals surface area contributed by atoms with Crippen molar-refractivity contribution in [3.05, 3.63) is 63.0 Å². The maximum atomic E-state index is 12.0. The molecule has 1 heterocycles. The minimum absolute atomic E-state index is 0.458. The lowest BCUT2D eigenvalue weighted by Crippen LogP contribution is -1.97. The Labute approximate surface area is 175 Å². The van der Waals surface area contributed by atoms with E-state index in [1.54, 1.807) is 0 Å². The molecule has 0 saturated carbocycles. The van der Waals surface area contributed by atoms with Gasteiger partial charge in [-0.05, 0) is 48.4 Å². The molecular weight excluding hydrogens is 421 g/mol. The van der Waals surface area contributed by atoms with Gasteiger partial charge in [0.25, 0.3) is 0 Å². The monoisotopic (exact) mass is 439 g/mol. The van der Waals surface area contributed by atoms with Crippen molar-refractivity contribution in [2.24, 2.45) is 0 Å². The van der Waals surface area contributed by atoms with E-state index in [4.69, 9.17) is 28.9 Å². The average molecular weight is 440 g/mol. The van der Waals surface area contributed by atoms with Crippen molar-refractivity contribution in [2.75, 3.05) is 16.8 Å². The summed E-state index contributed by atoms with van der Waals surface area (Å²) < 4.78 is 12.0. The van der Waals surface area contributed by atoms with Crippen LogP contribution in [0.5, 0.6) is 0 Å². The van der Waals surface area contributed by atoms with Gasteiger partial charge in [0.2, 0.25) is 0 Å². The van der Waals surface area contributed by atoms with Gasteiger partial charge in [-0.1, -0.05) is 47.5 Å². The third kappa shape index (κ3) is 5.02. The topological polar surface area (TPSA) is 68.0 Å². The highest BCUT2D eigenvalue weighted by Gasteiger charge is 2.13. The van der Waals surface area contributed by atoms with Gasteiger partial charge in [-0.25, -0.2) is 4.98 Å². The summed E-state index contributed by atoms with van der Waals surface area (Å²) in [4.78, 5) is 6.11. The molecule has 1 atom stereocenters. The molecule has 0 aliphatic rings. The lowest BCUT2D eigenvalue weighted by molar-refractivity contribution is 0.682. The molecule has 0 radical (unpaired) electrons. The number of rotatable bonds is 7. The summed E-state index contributed by atoms with van der Waals surface area (Å²) in [5.41, 5.74) is 7.78. The van der Waals surface area contributed by atoms with E-state index in [1.165, 1.54) is 11.3 Å². The van der Waals surface area contributed by atoms with Crippen LogP contribution in [0, 0.1) is 0 Å².